The van der Waals surface area contributed by atoms with Crippen molar-refractivity contribution in [3.63, 3.8) is 0 Å². The minimum atomic E-state index is 0.322. The summed E-state index contributed by atoms with van der Waals surface area (Å²) in [5, 5.41) is 7.53. The van der Waals surface area contributed by atoms with E-state index in [1.54, 1.807) is 12.4 Å². The highest BCUT2D eigenvalue weighted by molar-refractivity contribution is 5.30. The highest BCUT2D eigenvalue weighted by atomic mass is 16.5. The van der Waals surface area contributed by atoms with Crippen molar-refractivity contribution in [1.82, 2.24) is 20.1 Å². The van der Waals surface area contributed by atoms with E-state index in [-0.39, 0.29) is 0 Å². The summed E-state index contributed by atoms with van der Waals surface area (Å²) in [5.41, 5.74) is 1.04. The average molecular weight is 260 g/mol. The van der Waals surface area contributed by atoms with Crippen molar-refractivity contribution in [2.24, 2.45) is 0 Å². The van der Waals surface area contributed by atoms with Crippen molar-refractivity contribution in [3.8, 4) is 11.6 Å². The zero-order chi connectivity index (χ0) is 13.7. The third-order valence-electron chi connectivity index (χ3n) is 2.74. The van der Waals surface area contributed by atoms with Crippen LogP contribution in [0.1, 0.15) is 32.4 Å². The Morgan fingerprint density at radius 1 is 1.42 bits per heavy atom. The molecule has 0 fully saturated rings. The molecule has 1 N–H and O–H groups in total. The van der Waals surface area contributed by atoms with E-state index >= 15 is 0 Å². The van der Waals surface area contributed by atoms with Crippen LogP contribution in [-0.4, -0.2) is 21.3 Å². The van der Waals surface area contributed by atoms with E-state index in [9.17, 15) is 0 Å². The third-order valence-corrected chi connectivity index (χ3v) is 2.74. The monoisotopic (exact) mass is 260 g/mol. The molecule has 0 atom stereocenters. The lowest BCUT2D eigenvalue weighted by molar-refractivity contribution is 0.450. The Labute approximate surface area is 113 Å². The molecule has 0 saturated heterocycles. The number of nitrogens with zero attached hydrogens (tertiary/aromatic N) is 3. The lowest BCUT2D eigenvalue weighted by Gasteiger charge is -2.08. The van der Waals surface area contributed by atoms with Crippen LogP contribution >= 0.6 is 0 Å². The highest BCUT2D eigenvalue weighted by Crippen LogP contribution is 2.23. The van der Waals surface area contributed by atoms with E-state index in [4.69, 9.17) is 4.74 Å². The van der Waals surface area contributed by atoms with Crippen molar-refractivity contribution in [2.75, 3.05) is 6.54 Å². The predicted octanol–water partition coefficient (Wildman–Crippen LogP) is 2.76. The van der Waals surface area contributed by atoms with Crippen molar-refractivity contribution in [3.05, 3.63) is 36.3 Å². The van der Waals surface area contributed by atoms with E-state index in [1.165, 1.54) is 0 Å². The van der Waals surface area contributed by atoms with Gasteiger partial charge in [0.1, 0.15) is 0 Å². The van der Waals surface area contributed by atoms with E-state index in [0.29, 0.717) is 17.7 Å². The fourth-order valence-corrected chi connectivity index (χ4v) is 1.68. The molecule has 2 aromatic heterocycles. The smallest absolute Gasteiger partial charge is 0.223 e. The number of ether oxygens (including phenoxy) is 1. The molecule has 5 nitrogen and oxygen atoms in total. The van der Waals surface area contributed by atoms with Crippen molar-refractivity contribution < 1.29 is 4.74 Å². The molecule has 19 heavy (non-hydrogen) atoms. The van der Waals surface area contributed by atoms with Crippen molar-refractivity contribution in [2.45, 2.75) is 33.4 Å². The minimum absolute atomic E-state index is 0.322. The van der Waals surface area contributed by atoms with Crippen LogP contribution in [-0.2, 0) is 6.54 Å². The maximum absolute atomic E-state index is 5.80. The lowest BCUT2D eigenvalue weighted by atomic mass is 10.2. The minimum Gasteiger partial charge on any atom is -0.435 e. The molecule has 5 heteroatoms. The topological polar surface area (TPSA) is 52.0 Å². The summed E-state index contributed by atoms with van der Waals surface area (Å²) in [7, 11) is 0. The second-order valence-electron chi connectivity index (χ2n) is 4.60. The second kappa shape index (κ2) is 6.33. The van der Waals surface area contributed by atoms with Gasteiger partial charge >= 0.3 is 0 Å². The molecule has 0 amide bonds. The average Bonchev–Trinajstić information content (AvgIpc) is 2.86. The van der Waals surface area contributed by atoms with Crippen LogP contribution in [0.15, 0.2) is 30.7 Å². The zero-order valence-electron chi connectivity index (χ0n) is 11.6. The molecule has 2 heterocycles. The molecule has 0 unspecified atom stereocenters. The molecule has 0 bridgehead atoms. The Morgan fingerprint density at radius 3 is 2.95 bits per heavy atom. The van der Waals surface area contributed by atoms with Crippen molar-refractivity contribution in [1.29, 1.82) is 0 Å². The first-order valence-corrected chi connectivity index (χ1v) is 6.57. The fraction of sp³-hybridized carbons (Fsp3) is 0.429. The van der Waals surface area contributed by atoms with E-state index in [0.717, 1.165) is 18.7 Å². The number of nitrogens with one attached hydrogen (secondary N) is 1. The fourth-order valence-electron chi connectivity index (χ4n) is 1.68. The van der Waals surface area contributed by atoms with Crippen LogP contribution in [0.3, 0.4) is 0 Å². The van der Waals surface area contributed by atoms with Gasteiger partial charge in [0, 0.05) is 24.3 Å². The molecule has 2 rings (SSSR count). The first-order valence-electron chi connectivity index (χ1n) is 6.57. The standard InChI is InChI=1S/C14H20N4O/c1-4-15-8-12-6-5-7-16-14(12)19-13-9-17-18(10-13)11(2)3/h5-7,9-11,15H,4,8H2,1-3H3. The normalized spacial score (nSPS) is 10.9. The van der Waals surface area contributed by atoms with Crippen LogP contribution in [0, 0.1) is 0 Å². The molecule has 0 aliphatic carbocycles. The summed E-state index contributed by atoms with van der Waals surface area (Å²) < 4.78 is 7.67. The molecule has 2 aromatic rings. The van der Waals surface area contributed by atoms with E-state index < -0.39 is 0 Å². The first-order chi connectivity index (χ1) is 9.20. The Kier molecular flexibility index (Phi) is 4.52. The Balaban J connectivity index is 2.13. The molecule has 0 spiro atoms. The maximum Gasteiger partial charge on any atom is 0.223 e. The number of hydrogen-bond donors (Lipinski definition) is 1. The van der Waals surface area contributed by atoms with E-state index in [1.807, 2.05) is 23.0 Å². The van der Waals surface area contributed by atoms with Crippen LogP contribution in [0.25, 0.3) is 0 Å². The highest BCUT2D eigenvalue weighted by Gasteiger charge is 2.08. The molecule has 0 aliphatic rings. The molecular formula is C14H20N4O. The molecule has 0 aromatic carbocycles. The van der Waals surface area contributed by atoms with E-state index in [2.05, 4.69) is 36.2 Å². The van der Waals surface area contributed by atoms with Crippen LogP contribution < -0.4 is 10.1 Å². The number of aromatic nitrogens is 3. The Bertz CT molecular complexity index is 522. The molecule has 0 saturated carbocycles. The zero-order valence-corrected chi connectivity index (χ0v) is 11.6. The van der Waals surface area contributed by atoms with Gasteiger partial charge in [0.15, 0.2) is 5.75 Å². The second-order valence-corrected chi connectivity index (χ2v) is 4.60. The Morgan fingerprint density at radius 2 is 2.26 bits per heavy atom. The lowest BCUT2D eigenvalue weighted by Crippen LogP contribution is -2.12. The van der Waals surface area contributed by atoms with Gasteiger partial charge < -0.3 is 10.1 Å². The molecular weight excluding hydrogens is 240 g/mol. The summed E-state index contributed by atoms with van der Waals surface area (Å²) in [4.78, 5) is 4.28. The van der Waals surface area contributed by atoms with Gasteiger partial charge in [-0.05, 0) is 26.5 Å². The first kappa shape index (κ1) is 13.5. The van der Waals surface area contributed by atoms with Gasteiger partial charge in [-0.2, -0.15) is 5.10 Å². The van der Waals surface area contributed by atoms with Gasteiger partial charge in [-0.15, -0.1) is 0 Å². The summed E-state index contributed by atoms with van der Waals surface area (Å²) in [6.07, 6.45) is 5.33. The maximum atomic E-state index is 5.80. The quantitative estimate of drug-likeness (QED) is 0.867. The summed E-state index contributed by atoms with van der Waals surface area (Å²) in [5.74, 6) is 1.34. The summed E-state index contributed by atoms with van der Waals surface area (Å²) in [6, 6.07) is 4.25. The van der Waals surface area contributed by atoms with Crippen LogP contribution in [0.2, 0.25) is 0 Å². The van der Waals surface area contributed by atoms with Gasteiger partial charge in [0.05, 0.1) is 12.4 Å². The number of hydrogen-bond acceptors (Lipinski definition) is 4. The predicted molar refractivity (Wildman–Crippen MR) is 74.3 cm³/mol. The van der Waals surface area contributed by atoms with Gasteiger partial charge in [-0.3, -0.25) is 4.68 Å². The molecule has 0 radical (unpaired) electrons. The van der Waals surface area contributed by atoms with Gasteiger partial charge in [-0.25, -0.2) is 4.98 Å². The molecule has 0 aliphatic heterocycles. The van der Waals surface area contributed by atoms with Gasteiger partial charge in [0.2, 0.25) is 5.88 Å². The number of pyridine rings is 1. The molecule has 102 valence electrons. The third kappa shape index (κ3) is 3.54. The Hall–Kier alpha value is -1.88. The van der Waals surface area contributed by atoms with Gasteiger partial charge in [-0.1, -0.05) is 13.0 Å². The number of rotatable bonds is 6. The summed E-state index contributed by atoms with van der Waals surface area (Å²) >= 11 is 0. The van der Waals surface area contributed by atoms with Gasteiger partial charge in [0.25, 0.3) is 0 Å². The SMILES string of the molecule is CCNCc1cccnc1Oc1cnn(C(C)C)c1. The summed E-state index contributed by atoms with van der Waals surface area (Å²) in [6.45, 7) is 7.89. The van der Waals surface area contributed by atoms with Crippen LogP contribution in [0.4, 0.5) is 0 Å². The van der Waals surface area contributed by atoms with Crippen molar-refractivity contribution >= 4 is 0 Å². The largest absolute Gasteiger partial charge is 0.435 e. The van der Waals surface area contributed by atoms with Crippen LogP contribution in [0.5, 0.6) is 11.6 Å².